The molecule has 2 fully saturated rings. The van der Waals surface area contributed by atoms with Crippen molar-refractivity contribution in [1.29, 1.82) is 0 Å². The van der Waals surface area contributed by atoms with Gasteiger partial charge in [0, 0.05) is 24.2 Å². The normalized spacial score (nSPS) is 20.4. The molecule has 8 nitrogen and oxygen atoms in total. The molecule has 1 saturated carbocycles. The topological polar surface area (TPSA) is 97.0 Å². The number of piperidine rings is 1. The standard InChI is InChI=1S/C17H22N6O2/c1-11(16-20-14(22-25-16)12-3-4-12)23-9-5-13(6-10-23)15(24)21-17-18-7-2-8-19-17/h2,7-8,11-13H,3-6,9-10H2,1H3,(H,18,19,21,24). The molecule has 2 aromatic rings. The summed E-state index contributed by atoms with van der Waals surface area (Å²) >= 11 is 0. The van der Waals surface area contributed by atoms with E-state index in [2.05, 4.69) is 37.2 Å². The van der Waals surface area contributed by atoms with Gasteiger partial charge in [-0.05, 0) is 51.8 Å². The van der Waals surface area contributed by atoms with E-state index in [1.807, 2.05) is 0 Å². The highest BCUT2D eigenvalue weighted by molar-refractivity contribution is 5.90. The van der Waals surface area contributed by atoms with E-state index in [1.54, 1.807) is 18.5 Å². The van der Waals surface area contributed by atoms with E-state index >= 15 is 0 Å². The van der Waals surface area contributed by atoms with E-state index in [1.165, 1.54) is 12.8 Å². The van der Waals surface area contributed by atoms with Crippen LogP contribution in [0.5, 0.6) is 0 Å². The van der Waals surface area contributed by atoms with Crippen LogP contribution in [0.4, 0.5) is 5.95 Å². The Labute approximate surface area is 146 Å². The van der Waals surface area contributed by atoms with Gasteiger partial charge in [0.2, 0.25) is 17.7 Å². The lowest BCUT2D eigenvalue weighted by atomic mass is 9.95. The average molecular weight is 342 g/mol. The van der Waals surface area contributed by atoms with Crippen LogP contribution < -0.4 is 5.32 Å². The maximum absolute atomic E-state index is 12.3. The van der Waals surface area contributed by atoms with Gasteiger partial charge in [-0.15, -0.1) is 0 Å². The van der Waals surface area contributed by atoms with Gasteiger partial charge in [0.1, 0.15) is 0 Å². The van der Waals surface area contributed by atoms with Crippen molar-refractivity contribution in [1.82, 2.24) is 25.0 Å². The van der Waals surface area contributed by atoms with Crippen molar-refractivity contribution in [3.8, 4) is 0 Å². The number of anilines is 1. The largest absolute Gasteiger partial charge is 0.338 e. The molecule has 25 heavy (non-hydrogen) atoms. The Balaban J connectivity index is 1.30. The molecule has 3 heterocycles. The third kappa shape index (κ3) is 3.68. The number of hydrogen-bond donors (Lipinski definition) is 1. The monoisotopic (exact) mass is 342 g/mol. The maximum atomic E-state index is 12.3. The van der Waals surface area contributed by atoms with Crippen LogP contribution in [-0.4, -0.2) is 44.0 Å². The summed E-state index contributed by atoms with van der Waals surface area (Å²) in [5.41, 5.74) is 0. The maximum Gasteiger partial charge on any atom is 0.243 e. The highest BCUT2D eigenvalue weighted by Gasteiger charge is 2.32. The Kier molecular flexibility index (Phi) is 4.44. The van der Waals surface area contributed by atoms with E-state index in [9.17, 15) is 4.79 Å². The number of likely N-dealkylation sites (tertiary alicyclic amines) is 1. The van der Waals surface area contributed by atoms with Gasteiger partial charge in [-0.25, -0.2) is 9.97 Å². The molecule has 0 bridgehead atoms. The molecule has 1 amide bonds. The van der Waals surface area contributed by atoms with Crippen molar-refractivity contribution < 1.29 is 9.32 Å². The number of nitrogens with one attached hydrogen (secondary N) is 1. The molecule has 1 aliphatic heterocycles. The minimum Gasteiger partial charge on any atom is -0.338 e. The lowest BCUT2D eigenvalue weighted by Crippen LogP contribution is -2.39. The predicted octanol–water partition coefficient (Wildman–Crippen LogP) is 2.15. The van der Waals surface area contributed by atoms with Crippen molar-refractivity contribution in [2.24, 2.45) is 5.92 Å². The molecule has 1 aliphatic carbocycles. The van der Waals surface area contributed by atoms with Crippen LogP contribution in [0.1, 0.15) is 56.3 Å². The van der Waals surface area contributed by atoms with Gasteiger partial charge in [-0.2, -0.15) is 4.98 Å². The molecule has 8 heteroatoms. The summed E-state index contributed by atoms with van der Waals surface area (Å²) in [6.45, 7) is 3.74. The van der Waals surface area contributed by atoms with Gasteiger partial charge < -0.3 is 4.52 Å². The van der Waals surface area contributed by atoms with Crippen LogP contribution in [0, 0.1) is 5.92 Å². The number of carbonyl (C=O) groups excluding carboxylic acids is 1. The van der Waals surface area contributed by atoms with Crippen LogP contribution in [0.25, 0.3) is 0 Å². The Bertz CT molecular complexity index is 722. The third-order valence-electron chi connectivity index (χ3n) is 5.01. The third-order valence-corrected chi connectivity index (χ3v) is 5.01. The van der Waals surface area contributed by atoms with Gasteiger partial charge in [0.05, 0.1) is 6.04 Å². The first kappa shape index (κ1) is 16.1. The first-order valence-corrected chi connectivity index (χ1v) is 8.86. The summed E-state index contributed by atoms with van der Waals surface area (Å²) in [4.78, 5) is 27.3. The molecule has 4 rings (SSSR count). The molecule has 0 radical (unpaired) electrons. The van der Waals surface area contributed by atoms with Gasteiger partial charge in [-0.3, -0.25) is 15.0 Å². The van der Waals surface area contributed by atoms with E-state index < -0.39 is 0 Å². The number of nitrogens with zero attached hydrogens (tertiary/aromatic N) is 5. The molecular weight excluding hydrogens is 320 g/mol. The van der Waals surface area contributed by atoms with E-state index in [-0.39, 0.29) is 17.9 Å². The van der Waals surface area contributed by atoms with Crippen LogP contribution in [0.2, 0.25) is 0 Å². The molecule has 2 aliphatic rings. The van der Waals surface area contributed by atoms with Crippen molar-refractivity contribution in [3.63, 3.8) is 0 Å². The zero-order chi connectivity index (χ0) is 17.2. The Morgan fingerprint density at radius 3 is 2.64 bits per heavy atom. The fourth-order valence-electron chi connectivity index (χ4n) is 3.21. The second kappa shape index (κ2) is 6.87. The number of aromatic nitrogens is 4. The number of carbonyl (C=O) groups is 1. The quantitative estimate of drug-likeness (QED) is 0.889. The average Bonchev–Trinajstić information content (AvgIpc) is 3.39. The van der Waals surface area contributed by atoms with E-state index in [0.717, 1.165) is 31.8 Å². The molecule has 1 atom stereocenters. The summed E-state index contributed by atoms with van der Waals surface area (Å²) in [7, 11) is 0. The molecule has 1 unspecified atom stereocenters. The fourth-order valence-corrected chi connectivity index (χ4v) is 3.21. The fraction of sp³-hybridized carbons (Fsp3) is 0.588. The van der Waals surface area contributed by atoms with Crippen LogP contribution in [0.15, 0.2) is 23.0 Å². The predicted molar refractivity (Wildman–Crippen MR) is 89.6 cm³/mol. The second-order valence-electron chi connectivity index (χ2n) is 6.81. The zero-order valence-corrected chi connectivity index (χ0v) is 14.3. The SMILES string of the molecule is CC(c1nc(C2CC2)no1)N1CCC(C(=O)Nc2ncccn2)CC1. The number of amides is 1. The molecule has 1 N–H and O–H groups in total. The first-order valence-electron chi connectivity index (χ1n) is 8.86. The highest BCUT2D eigenvalue weighted by atomic mass is 16.5. The van der Waals surface area contributed by atoms with Crippen molar-refractivity contribution in [2.45, 2.75) is 44.6 Å². The van der Waals surface area contributed by atoms with E-state index in [4.69, 9.17) is 4.52 Å². The molecule has 0 aromatic carbocycles. The summed E-state index contributed by atoms with van der Waals surface area (Å²) in [5.74, 6) is 2.37. The van der Waals surface area contributed by atoms with Crippen molar-refractivity contribution in [3.05, 3.63) is 30.2 Å². The first-order chi connectivity index (χ1) is 12.2. The second-order valence-corrected chi connectivity index (χ2v) is 6.81. The van der Waals surface area contributed by atoms with Gasteiger partial charge in [0.25, 0.3) is 0 Å². The van der Waals surface area contributed by atoms with Crippen LogP contribution in [0.3, 0.4) is 0 Å². The molecular formula is C17H22N6O2. The smallest absolute Gasteiger partial charge is 0.243 e. The lowest BCUT2D eigenvalue weighted by Gasteiger charge is -2.33. The van der Waals surface area contributed by atoms with Gasteiger partial charge in [0.15, 0.2) is 5.82 Å². The summed E-state index contributed by atoms with van der Waals surface area (Å²) in [6.07, 6.45) is 7.16. The Morgan fingerprint density at radius 2 is 1.96 bits per heavy atom. The van der Waals surface area contributed by atoms with Crippen LogP contribution >= 0.6 is 0 Å². The molecule has 2 aromatic heterocycles. The minimum absolute atomic E-state index is 0.00712. The Hall–Kier alpha value is -2.35. The molecule has 0 spiro atoms. The minimum atomic E-state index is -0.0167. The van der Waals surface area contributed by atoms with Crippen LogP contribution in [-0.2, 0) is 4.79 Å². The number of rotatable bonds is 5. The van der Waals surface area contributed by atoms with Crippen molar-refractivity contribution >= 4 is 11.9 Å². The van der Waals surface area contributed by atoms with Gasteiger partial charge >= 0.3 is 0 Å². The zero-order valence-electron chi connectivity index (χ0n) is 14.3. The summed E-state index contributed by atoms with van der Waals surface area (Å²) in [5, 5.41) is 6.88. The summed E-state index contributed by atoms with van der Waals surface area (Å²) in [6, 6.07) is 1.81. The Morgan fingerprint density at radius 1 is 1.24 bits per heavy atom. The van der Waals surface area contributed by atoms with Crippen molar-refractivity contribution in [2.75, 3.05) is 18.4 Å². The summed E-state index contributed by atoms with van der Waals surface area (Å²) < 4.78 is 5.44. The number of hydrogen-bond acceptors (Lipinski definition) is 7. The highest BCUT2D eigenvalue weighted by Crippen LogP contribution is 2.38. The molecule has 132 valence electrons. The van der Waals surface area contributed by atoms with E-state index in [0.29, 0.717) is 17.8 Å². The lowest BCUT2D eigenvalue weighted by molar-refractivity contribution is -0.121. The molecule has 1 saturated heterocycles. The van der Waals surface area contributed by atoms with Gasteiger partial charge in [-0.1, -0.05) is 5.16 Å².